The van der Waals surface area contributed by atoms with Crippen LogP contribution in [0.4, 0.5) is 11.6 Å². The van der Waals surface area contributed by atoms with E-state index >= 15 is 0 Å². The lowest BCUT2D eigenvalue weighted by molar-refractivity contribution is 0.145. The fraction of sp³-hybridized carbons (Fsp3) is 0.385. The van der Waals surface area contributed by atoms with Crippen molar-refractivity contribution in [1.82, 2.24) is 34.8 Å². The summed E-state index contributed by atoms with van der Waals surface area (Å²) in [5.41, 5.74) is 4.04. The largest absolute Gasteiger partial charge is 0.494 e. The molecule has 0 saturated carbocycles. The van der Waals surface area contributed by atoms with E-state index in [0.717, 1.165) is 61.8 Å². The van der Waals surface area contributed by atoms with Crippen molar-refractivity contribution in [2.75, 3.05) is 58.8 Å². The van der Waals surface area contributed by atoms with E-state index in [2.05, 4.69) is 42.4 Å². The van der Waals surface area contributed by atoms with E-state index in [0.29, 0.717) is 30.3 Å². The number of rotatable bonds is 10. The van der Waals surface area contributed by atoms with Crippen LogP contribution in [0, 0.1) is 0 Å². The molecule has 0 spiro atoms. The highest BCUT2D eigenvalue weighted by Gasteiger charge is 2.13. The SMILES string of the molecule is COCc1cccc(-n2nnc3cnc(Nc4ccc(OCCCN5CCN(C)CC5)cc4)nc32)c1. The summed E-state index contributed by atoms with van der Waals surface area (Å²) in [5, 5.41) is 11.7. The van der Waals surface area contributed by atoms with Crippen molar-refractivity contribution in [2.45, 2.75) is 13.0 Å². The first-order valence-electron chi connectivity index (χ1n) is 12.3. The highest BCUT2D eigenvalue weighted by molar-refractivity contribution is 5.72. The quantitative estimate of drug-likeness (QED) is 0.338. The zero-order chi connectivity index (χ0) is 24.7. The van der Waals surface area contributed by atoms with Gasteiger partial charge < -0.3 is 24.6 Å². The molecule has 0 radical (unpaired) electrons. The number of aromatic nitrogens is 5. The Morgan fingerprint density at radius 3 is 2.67 bits per heavy atom. The maximum Gasteiger partial charge on any atom is 0.229 e. The molecule has 1 saturated heterocycles. The molecule has 0 bridgehead atoms. The standard InChI is InChI=1S/C26H32N8O2/c1-32-12-14-33(15-13-32)11-4-16-36-23-9-7-21(8-10-23)28-26-27-18-24-25(29-26)34(31-30-24)22-6-3-5-20(17-22)19-35-2/h3,5-10,17-18H,4,11-16,19H2,1-2H3,(H,27,28,29). The summed E-state index contributed by atoms with van der Waals surface area (Å²) < 4.78 is 12.9. The Hall–Kier alpha value is -3.60. The zero-order valence-electron chi connectivity index (χ0n) is 20.8. The van der Waals surface area contributed by atoms with Gasteiger partial charge in [0, 0.05) is 45.5 Å². The Morgan fingerprint density at radius 1 is 1.03 bits per heavy atom. The number of methoxy groups -OCH3 is 1. The van der Waals surface area contributed by atoms with Gasteiger partial charge in [0.05, 0.1) is 25.1 Å². The Kier molecular flexibility index (Phi) is 7.65. The van der Waals surface area contributed by atoms with Crippen LogP contribution in [0.1, 0.15) is 12.0 Å². The van der Waals surface area contributed by atoms with Gasteiger partial charge in [0.25, 0.3) is 0 Å². The number of piperazine rings is 1. The van der Waals surface area contributed by atoms with Gasteiger partial charge in [-0.2, -0.15) is 9.67 Å². The molecule has 0 unspecified atom stereocenters. The van der Waals surface area contributed by atoms with Crippen LogP contribution >= 0.6 is 0 Å². The maximum atomic E-state index is 5.94. The Bertz CT molecular complexity index is 1270. The van der Waals surface area contributed by atoms with E-state index in [4.69, 9.17) is 9.47 Å². The van der Waals surface area contributed by atoms with Crippen molar-refractivity contribution in [1.29, 1.82) is 0 Å². The topological polar surface area (TPSA) is 93.5 Å². The monoisotopic (exact) mass is 488 g/mol. The number of fused-ring (bicyclic) bond motifs is 1. The van der Waals surface area contributed by atoms with Crippen LogP contribution in [0.2, 0.25) is 0 Å². The number of likely N-dealkylation sites (N-methyl/N-ethyl adjacent to an activating group) is 1. The minimum absolute atomic E-state index is 0.472. The van der Waals surface area contributed by atoms with Crippen LogP contribution in [0.15, 0.2) is 54.7 Å². The van der Waals surface area contributed by atoms with Crippen LogP contribution < -0.4 is 10.1 Å². The van der Waals surface area contributed by atoms with Gasteiger partial charge in [0.1, 0.15) is 5.75 Å². The second kappa shape index (κ2) is 11.4. The number of ether oxygens (including phenoxy) is 2. The summed E-state index contributed by atoms with van der Waals surface area (Å²) in [7, 11) is 3.86. The van der Waals surface area contributed by atoms with Gasteiger partial charge in [-0.1, -0.05) is 17.3 Å². The molecule has 0 atom stereocenters. The molecule has 4 aromatic rings. The normalized spacial score (nSPS) is 14.8. The van der Waals surface area contributed by atoms with E-state index in [1.165, 1.54) is 0 Å². The highest BCUT2D eigenvalue weighted by Crippen LogP contribution is 2.21. The lowest BCUT2D eigenvalue weighted by atomic mass is 10.2. The Morgan fingerprint density at radius 2 is 1.86 bits per heavy atom. The summed E-state index contributed by atoms with van der Waals surface area (Å²) >= 11 is 0. The van der Waals surface area contributed by atoms with Crippen molar-refractivity contribution in [3.8, 4) is 11.4 Å². The Balaban J connectivity index is 1.18. The summed E-state index contributed by atoms with van der Waals surface area (Å²) in [4.78, 5) is 13.9. The van der Waals surface area contributed by atoms with Crippen LogP contribution in [0.5, 0.6) is 5.75 Å². The molecule has 36 heavy (non-hydrogen) atoms. The molecular formula is C26H32N8O2. The van der Waals surface area contributed by atoms with E-state index in [9.17, 15) is 0 Å². The van der Waals surface area contributed by atoms with E-state index in [1.54, 1.807) is 18.0 Å². The van der Waals surface area contributed by atoms with Gasteiger partial charge in [-0.15, -0.1) is 5.10 Å². The summed E-state index contributed by atoms with van der Waals surface area (Å²) in [6.45, 7) is 6.89. The molecule has 2 aromatic carbocycles. The lowest BCUT2D eigenvalue weighted by Crippen LogP contribution is -2.44. The molecule has 10 heteroatoms. The third kappa shape index (κ3) is 5.96. The minimum atomic E-state index is 0.472. The molecule has 1 aliphatic heterocycles. The second-order valence-corrected chi connectivity index (χ2v) is 9.00. The zero-order valence-corrected chi connectivity index (χ0v) is 20.8. The average molecular weight is 489 g/mol. The first kappa shape index (κ1) is 24.1. The maximum absolute atomic E-state index is 5.94. The number of nitrogens with zero attached hydrogens (tertiary/aromatic N) is 7. The fourth-order valence-corrected chi connectivity index (χ4v) is 4.22. The average Bonchev–Trinajstić information content (AvgIpc) is 3.32. The van der Waals surface area contributed by atoms with Gasteiger partial charge in [-0.05, 0) is 55.4 Å². The molecule has 10 nitrogen and oxygen atoms in total. The first-order chi connectivity index (χ1) is 17.7. The van der Waals surface area contributed by atoms with Crippen LogP contribution in [0.25, 0.3) is 16.9 Å². The minimum Gasteiger partial charge on any atom is -0.494 e. The van der Waals surface area contributed by atoms with Gasteiger partial charge in [0.2, 0.25) is 5.95 Å². The number of anilines is 2. The van der Waals surface area contributed by atoms with Crippen molar-refractivity contribution >= 4 is 22.8 Å². The number of benzene rings is 2. The predicted octanol–water partition coefficient (Wildman–Crippen LogP) is 3.12. The third-order valence-corrected chi connectivity index (χ3v) is 6.25. The van der Waals surface area contributed by atoms with Gasteiger partial charge in [0.15, 0.2) is 11.2 Å². The molecule has 5 rings (SSSR count). The molecule has 2 aromatic heterocycles. The second-order valence-electron chi connectivity index (χ2n) is 9.00. The van der Waals surface area contributed by atoms with Gasteiger partial charge in [-0.3, -0.25) is 0 Å². The smallest absolute Gasteiger partial charge is 0.229 e. The number of hydrogen-bond acceptors (Lipinski definition) is 9. The molecule has 1 aliphatic rings. The van der Waals surface area contributed by atoms with Gasteiger partial charge in [-0.25, -0.2) is 4.98 Å². The van der Waals surface area contributed by atoms with Crippen molar-refractivity contribution in [3.05, 3.63) is 60.3 Å². The van der Waals surface area contributed by atoms with Crippen LogP contribution in [-0.4, -0.2) is 88.2 Å². The molecule has 188 valence electrons. The highest BCUT2D eigenvalue weighted by atomic mass is 16.5. The van der Waals surface area contributed by atoms with Crippen LogP contribution in [-0.2, 0) is 11.3 Å². The van der Waals surface area contributed by atoms with Gasteiger partial charge >= 0.3 is 0 Å². The number of nitrogens with one attached hydrogen (secondary N) is 1. The molecule has 0 amide bonds. The number of hydrogen-bond donors (Lipinski definition) is 1. The first-order valence-corrected chi connectivity index (χ1v) is 12.3. The predicted molar refractivity (Wildman–Crippen MR) is 139 cm³/mol. The molecular weight excluding hydrogens is 456 g/mol. The van der Waals surface area contributed by atoms with E-state index in [-0.39, 0.29) is 0 Å². The summed E-state index contributed by atoms with van der Waals surface area (Å²) in [5.74, 6) is 1.33. The Labute approximate surface area is 210 Å². The summed E-state index contributed by atoms with van der Waals surface area (Å²) in [6, 6.07) is 15.8. The van der Waals surface area contributed by atoms with Crippen LogP contribution in [0.3, 0.4) is 0 Å². The molecule has 3 heterocycles. The van der Waals surface area contributed by atoms with E-state index in [1.807, 2.05) is 48.5 Å². The van der Waals surface area contributed by atoms with Crippen molar-refractivity contribution < 1.29 is 9.47 Å². The lowest BCUT2D eigenvalue weighted by Gasteiger charge is -2.32. The molecule has 1 N–H and O–H groups in total. The van der Waals surface area contributed by atoms with Crippen molar-refractivity contribution in [2.24, 2.45) is 0 Å². The third-order valence-electron chi connectivity index (χ3n) is 6.25. The summed E-state index contributed by atoms with van der Waals surface area (Å²) in [6.07, 6.45) is 2.69. The fourth-order valence-electron chi connectivity index (χ4n) is 4.22. The van der Waals surface area contributed by atoms with Crippen molar-refractivity contribution in [3.63, 3.8) is 0 Å². The molecule has 1 fully saturated rings. The molecule has 0 aliphatic carbocycles. The van der Waals surface area contributed by atoms with E-state index < -0.39 is 0 Å².